The molecule has 1 unspecified atom stereocenters. The fourth-order valence-electron chi connectivity index (χ4n) is 0.219. The van der Waals surface area contributed by atoms with E-state index in [4.69, 9.17) is 5.11 Å². The second kappa shape index (κ2) is 4.05. The second-order valence-corrected chi connectivity index (χ2v) is 1.11. The van der Waals surface area contributed by atoms with Crippen molar-refractivity contribution in [1.82, 2.24) is 0 Å². The van der Waals surface area contributed by atoms with Crippen LogP contribution >= 0.6 is 0 Å². The molecule has 0 amide bonds. The highest BCUT2D eigenvalue weighted by atomic mass is 16.5. The van der Waals surface area contributed by atoms with Crippen LogP contribution in [0.1, 0.15) is 6.92 Å². The van der Waals surface area contributed by atoms with E-state index in [9.17, 15) is 5.11 Å². The maximum Gasteiger partial charge on any atom is 0.212 e. The van der Waals surface area contributed by atoms with Crippen LogP contribution in [0.25, 0.3) is 0 Å². The molecule has 0 aliphatic heterocycles. The normalized spacial score (nSPS) is 10.3. The first-order valence-corrected chi connectivity index (χ1v) is 2.19. The summed E-state index contributed by atoms with van der Waals surface area (Å²) >= 11 is 0. The smallest absolute Gasteiger partial charge is 0.212 e. The summed E-state index contributed by atoms with van der Waals surface area (Å²) in [6, 6.07) is 0. The Balaban J connectivity index is 2.68. The largest absolute Gasteiger partial charge is 0.376 e. The monoisotopic (exact) mass is 105 g/mol. The van der Waals surface area contributed by atoms with Crippen molar-refractivity contribution in [3.8, 4) is 0 Å². The molecule has 0 saturated carbocycles. The standard InChI is InChI=1S/C4H9O3/c1-2-7-3-4(5)6/h4-5H,2-3H2,1H3. The molecule has 3 heteroatoms. The number of hydrogen-bond acceptors (Lipinski definition) is 2. The molecule has 0 fully saturated rings. The van der Waals surface area contributed by atoms with Gasteiger partial charge >= 0.3 is 0 Å². The molecular weight excluding hydrogens is 96.0 g/mol. The zero-order valence-electron chi connectivity index (χ0n) is 4.26. The van der Waals surface area contributed by atoms with Crippen LogP contribution in [0.15, 0.2) is 0 Å². The third-order valence-corrected chi connectivity index (χ3v) is 0.465. The van der Waals surface area contributed by atoms with Gasteiger partial charge in [0, 0.05) is 6.61 Å². The van der Waals surface area contributed by atoms with Crippen LogP contribution in [-0.2, 0) is 9.84 Å². The molecule has 0 aliphatic rings. The lowest BCUT2D eigenvalue weighted by molar-refractivity contribution is -0.133. The summed E-state index contributed by atoms with van der Waals surface area (Å²) in [6.07, 6.45) is -1.57. The topological polar surface area (TPSA) is 49.4 Å². The van der Waals surface area contributed by atoms with E-state index in [1.165, 1.54) is 0 Å². The molecule has 7 heavy (non-hydrogen) atoms. The Morgan fingerprint density at radius 1 is 1.86 bits per heavy atom. The lowest BCUT2D eigenvalue weighted by Gasteiger charge is -1.97. The van der Waals surface area contributed by atoms with Gasteiger partial charge in [0.1, 0.15) is 6.61 Å². The average molecular weight is 105 g/mol. The number of aliphatic hydroxyl groups excluding tert-OH is 1. The Hall–Kier alpha value is -0.120. The molecule has 0 aromatic carbocycles. The van der Waals surface area contributed by atoms with Crippen LogP contribution in [0, 0.1) is 0 Å². The Morgan fingerprint density at radius 3 is 2.57 bits per heavy atom. The highest BCUT2D eigenvalue weighted by molar-refractivity contribution is 4.27. The van der Waals surface area contributed by atoms with Crippen molar-refractivity contribution >= 4 is 0 Å². The lowest BCUT2D eigenvalue weighted by Crippen LogP contribution is -2.11. The molecule has 1 N–H and O–H groups in total. The summed E-state index contributed by atoms with van der Waals surface area (Å²) < 4.78 is 4.53. The minimum atomic E-state index is -1.57. The van der Waals surface area contributed by atoms with Crippen molar-refractivity contribution in [2.24, 2.45) is 0 Å². The third-order valence-electron chi connectivity index (χ3n) is 0.465. The fraction of sp³-hybridized carbons (Fsp3) is 1.00. The predicted octanol–water partition coefficient (Wildman–Crippen LogP) is -0.228. The molecule has 43 valence electrons. The van der Waals surface area contributed by atoms with Crippen molar-refractivity contribution in [3.63, 3.8) is 0 Å². The van der Waals surface area contributed by atoms with Crippen LogP contribution in [0.3, 0.4) is 0 Å². The van der Waals surface area contributed by atoms with Crippen LogP contribution in [0.4, 0.5) is 0 Å². The van der Waals surface area contributed by atoms with Gasteiger partial charge in [0.15, 0.2) is 0 Å². The van der Waals surface area contributed by atoms with Gasteiger partial charge in [0.2, 0.25) is 6.29 Å². The van der Waals surface area contributed by atoms with Gasteiger partial charge in [0.25, 0.3) is 0 Å². The van der Waals surface area contributed by atoms with Gasteiger partial charge in [-0.2, -0.15) is 5.11 Å². The molecule has 1 atom stereocenters. The third kappa shape index (κ3) is 5.88. The quantitative estimate of drug-likeness (QED) is 0.504. The van der Waals surface area contributed by atoms with Crippen molar-refractivity contribution in [3.05, 3.63) is 0 Å². The minimum Gasteiger partial charge on any atom is -0.376 e. The molecule has 0 spiro atoms. The molecule has 0 heterocycles. The first-order valence-electron chi connectivity index (χ1n) is 2.19. The van der Waals surface area contributed by atoms with E-state index >= 15 is 0 Å². The molecule has 3 nitrogen and oxygen atoms in total. The van der Waals surface area contributed by atoms with Crippen molar-refractivity contribution < 1.29 is 14.9 Å². The molecule has 0 aromatic rings. The Morgan fingerprint density at radius 2 is 2.43 bits per heavy atom. The summed E-state index contributed by atoms with van der Waals surface area (Å²) in [5.41, 5.74) is 0. The van der Waals surface area contributed by atoms with Gasteiger partial charge in [-0.3, -0.25) is 0 Å². The van der Waals surface area contributed by atoms with Gasteiger partial charge in [0.05, 0.1) is 0 Å². The van der Waals surface area contributed by atoms with Gasteiger partial charge in [-0.05, 0) is 6.92 Å². The second-order valence-electron chi connectivity index (χ2n) is 1.11. The van der Waals surface area contributed by atoms with Crippen LogP contribution in [-0.4, -0.2) is 24.6 Å². The summed E-state index contributed by atoms with van der Waals surface area (Å²) in [5, 5.41) is 17.7. The van der Waals surface area contributed by atoms with Crippen LogP contribution in [0.5, 0.6) is 0 Å². The number of rotatable bonds is 3. The number of ether oxygens (including phenoxy) is 1. The van der Waals surface area contributed by atoms with E-state index < -0.39 is 6.29 Å². The minimum absolute atomic E-state index is 0.101. The summed E-state index contributed by atoms with van der Waals surface area (Å²) in [6.45, 7) is 2.15. The Kier molecular flexibility index (Phi) is 3.98. The van der Waals surface area contributed by atoms with Crippen molar-refractivity contribution in [1.29, 1.82) is 0 Å². The van der Waals surface area contributed by atoms with Crippen LogP contribution < -0.4 is 0 Å². The highest BCUT2D eigenvalue weighted by Crippen LogP contribution is 1.77. The summed E-state index contributed by atoms with van der Waals surface area (Å²) in [5.74, 6) is 0. The fourth-order valence-corrected chi connectivity index (χ4v) is 0.219. The zero-order chi connectivity index (χ0) is 5.70. The van der Waals surface area contributed by atoms with Crippen molar-refractivity contribution in [2.45, 2.75) is 13.2 Å². The Labute approximate surface area is 42.5 Å². The van der Waals surface area contributed by atoms with E-state index in [-0.39, 0.29) is 6.61 Å². The van der Waals surface area contributed by atoms with Crippen LogP contribution in [0.2, 0.25) is 0 Å². The van der Waals surface area contributed by atoms with Crippen molar-refractivity contribution in [2.75, 3.05) is 13.2 Å². The molecular formula is C4H9O3. The molecule has 0 aromatic heterocycles. The first kappa shape index (κ1) is 6.88. The zero-order valence-corrected chi connectivity index (χ0v) is 4.26. The maximum absolute atomic E-state index is 9.72. The van der Waals surface area contributed by atoms with E-state index in [1.54, 1.807) is 6.92 Å². The number of aliphatic hydroxyl groups is 1. The van der Waals surface area contributed by atoms with E-state index in [0.29, 0.717) is 6.61 Å². The summed E-state index contributed by atoms with van der Waals surface area (Å²) in [4.78, 5) is 0. The molecule has 1 radical (unpaired) electrons. The number of hydrogen-bond donors (Lipinski definition) is 1. The van der Waals surface area contributed by atoms with Gasteiger partial charge in [-0.25, -0.2) is 0 Å². The van der Waals surface area contributed by atoms with E-state index in [0.717, 1.165) is 0 Å². The Bertz CT molecular complexity index is 35.9. The van der Waals surface area contributed by atoms with E-state index in [2.05, 4.69) is 4.74 Å². The summed E-state index contributed by atoms with van der Waals surface area (Å²) in [7, 11) is 0. The molecule has 0 aliphatic carbocycles. The molecule has 0 saturated heterocycles. The van der Waals surface area contributed by atoms with Gasteiger partial charge < -0.3 is 9.84 Å². The highest BCUT2D eigenvalue weighted by Gasteiger charge is 1.94. The van der Waals surface area contributed by atoms with Gasteiger partial charge in [-0.15, -0.1) is 0 Å². The van der Waals surface area contributed by atoms with Gasteiger partial charge in [-0.1, -0.05) is 0 Å². The first-order chi connectivity index (χ1) is 3.27. The average Bonchev–Trinajstić information content (AvgIpc) is 1.61. The molecule has 0 rings (SSSR count). The van der Waals surface area contributed by atoms with E-state index in [1.807, 2.05) is 0 Å². The molecule has 0 bridgehead atoms. The maximum atomic E-state index is 9.72. The SMILES string of the molecule is CCOCC([O])O. The lowest BCUT2D eigenvalue weighted by atomic mass is 10.7. The predicted molar refractivity (Wildman–Crippen MR) is 23.2 cm³/mol.